The molecule has 1 heteroatoms. The van der Waals surface area contributed by atoms with Crippen LogP contribution in [0.15, 0.2) is 0 Å². The molecule has 0 aromatic heterocycles. The second-order valence-corrected chi connectivity index (χ2v) is 6.71. The summed E-state index contributed by atoms with van der Waals surface area (Å²) in [7, 11) is 0. The quantitative estimate of drug-likeness (QED) is 0.737. The maximum Gasteiger partial charge on any atom is 0.0597 e. The fraction of sp³-hybridized carbons (Fsp3) is 1.00. The molecule has 0 heterocycles. The third-order valence-electron chi connectivity index (χ3n) is 6.00. The molecule has 0 radical (unpaired) electrons. The SMILES string of the molecule is CCC12CC3CC(CC)(CC(C1)C3O)C2. The molecule has 4 aliphatic carbocycles. The van der Waals surface area contributed by atoms with Gasteiger partial charge < -0.3 is 5.11 Å². The van der Waals surface area contributed by atoms with Crippen LogP contribution in [0.4, 0.5) is 0 Å². The van der Waals surface area contributed by atoms with Crippen LogP contribution >= 0.6 is 0 Å². The first-order valence-electron chi connectivity index (χ1n) is 6.80. The third-order valence-corrected chi connectivity index (χ3v) is 6.00. The Morgan fingerprint density at radius 2 is 1.33 bits per heavy atom. The average Bonchev–Trinajstić information content (AvgIpc) is 2.25. The highest BCUT2D eigenvalue weighted by molar-refractivity contribution is 5.09. The van der Waals surface area contributed by atoms with Crippen LogP contribution < -0.4 is 0 Å². The summed E-state index contributed by atoms with van der Waals surface area (Å²) in [5.74, 6) is 1.29. The normalized spacial score (nSPS) is 57.4. The summed E-state index contributed by atoms with van der Waals surface area (Å²) in [4.78, 5) is 0. The lowest BCUT2D eigenvalue weighted by Crippen LogP contribution is -2.57. The zero-order valence-corrected chi connectivity index (χ0v) is 10.1. The predicted octanol–water partition coefficient (Wildman–Crippen LogP) is 3.36. The standard InChI is InChI=1S/C14H24O/c1-3-13-5-10-7-14(4-2,9-13)8-11(6-13)12(10)15/h10-12,15H,3-9H2,1-2H3. The minimum absolute atomic E-state index is 0.0460. The molecule has 1 N–H and O–H groups in total. The van der Waals surface area contributed by atoms with Crippen molar-refractivity contribution >= 4 is 0 Å². The summed E-state index contributed by atoms with van der Waals surface area (Å²) in [6.45, 7) is 4.73. The molecule has 0 saturated heterocycles. The summed E-state index contributed by atoms with van der Waals surface area (Å²) in [5, 5.41) is 10.2. The van der Waals surface area contributed by atoms with E-state index >= 15 is 0 Å². The van der Waals surface area contributed by atoms with Crippen molar-refractivity contribution in [2.45, 2.75) is 64.9 Å². The molecule has 0 spiro atoms. The third kappa shape index (κ3) is 1.25. The van der Waals surface area contributed by atoms with E-state index in [2.05, 4.69) is 13.8 Å². The highest BCUT2D eigenvalue weighted by Crippen LogP contribution is 2.67. The minimum Gasteiger partial charge on any atom is -0.393 e. The number of rotatable bonds is 2. The zero-order chi connectivity index (χ0) is 10.7. The zero-order valence-electron chi connectivity index (χ0n) is 10.1. The fourth-order valence-electron chi connectivity index (χ4n) is 5.32. The van der Waals surface area contributed by atoms with Gasteiger partial charge in [-0.2, -0.15) is 0 Å². The van der Waals surface area contributed by atoms with Gasteiger partial charge in [0.15, 0.2) is 0 Å². The van der Waals surface area contributed by atoms with E-state index in [-0.39, 0.29) is 6.10 Å². The van der Waals surface area contributed by atoms with E-state index in [0.717, 1.165) is 0 Å². The smallest absolute Gasteiger partial charge is 0.0597 e. The van der Waals surface area contributed by atoms with E-state index in [1.54, 1.807) is 0 Å². The number of hydrogen-bond donors (Lipinski definition) is 1. The monoisotopic (exact) mass is 208 g/mol. The van der Waals surface area contributed by atoms with Gasteiger partial charge in [0.25, 0.3) is 0 Å². The van der Waals surface area contributed by atoms with Crippen molar-refractivity contribution in [2.75, 3.05) is 0 Å². The van der Waals surface area contributed by atoms with Crippen LogP contribution in [0, 0.1) is 22.7 Å². The number of aliphatic hydroxyl groups excluding tert-OH is 1. The summed E-state index contributed by atoms with van der Waals surface area (Å²) in [6.07, 6.45) is 9.48. The second kappa shape index (κ2) is 3.00. The molecule has 4 bridgehead atoms. The highest BCUT2D eigenvalue weighted by atomic mass is 16.3. The van der Waals surface area contributed by atoms with Crippen molar-refractivity contribution in [1.82, 2.24) is 0 Å². The molecule has 0 aromatic carbocycles. The Hall–Kier alpha value is -0.0400. The lowest BCUT2D eigenvalue weighted by molar-refractivity contribution is -0.175. The number of hydrogen-bond acceptors (Lipinski definition) is 1. The van der Waals surface area contributed by atoms with Gasteiger partial charge in [0.05, 0.1) is 6.10 Å². The van der Waals surface area contributed by atoms with Crippen LogP contribution in [-0.2, 0) is 0 Å². The minimum atomic E-state index is 0.0460. The van der Waals surface area contributed by atoms with E-state index in [4.69, 9.17) is 0 Å². The predicted molar refractivity (Wildman–Crippen MR) is 61.5 cm³/mol. The largest absolute Gasteiger partial charge is 0.393 e. The Morgan fingerprint density at radius 3 is 1.67 bits per heavy atom. The molecule has 0 atom stereocenters. The molecule has 86 valence electrons. The molecule has 0 aromatic rings. The van der Waals surface area contributed by atoms with Gasteiger partial charge in [-0.15, -0.1) is 0 Å². The van der Waals surface area contributed by atoms with E-state index in [9.17, 15) is 5.11 Å². The molecule has 4 fully saturated rings. The van der Waals surface area contributed by atoms with Crippen LogP contribution in [0.3, 0.4) is 0 Å². The van der Waals surface area contributed by atoms with Crippen molar-refractivity contribution in [3.63, 3.8) is 0 Å². The Morgan fingerprint density at radius 1 is 0.933 bits per heavy atom. The summed E-state index contributed by atoms with van der Waals surface area (Å²) < 4.78 is 0. The molecule has 4 saturated carbocycles. The molecule has 0 unspecified atom stereocenters. The lowest BCUT2D eigenvalue weighted by Gasteiger charge is -2.64. The first-order chi connectivity index (χ1) is 7.12. The van der Waals surface area contributed by atoms with Crippen LogP contribution in [-0.4, -0.2) is 11.2 Å². The van der Waals surface area contributed by atoms with Crippen LogP contribution in [0.1, 0.15) is 58.8 Å². The van der Waals surface area contributed by atoms with E-state index in [1.165, 1.54) is 44.9 Å². The Kier molecular flexibility index (Phi) is 2.03. The maximum atomic E-state index is 10.2. The average molecular weight is 208 g/mol. The Bertz CT molecular complexity index is 233. The van der Waals surface area contributed by atoms with Gasteiger partial charge in [0, 0.05) is 0 Å². The van der Waals surface area contributed by atoms with E-state index < -0.39 is 0 Å². The second-order valence-electron chi connectivity index (χ2n) is 6.71. The topological polar surface area (TPSA) is 20.2 Å². The lowest BCUT2D eigenvalue weighted by atomic mass is 9.42. The molecule has 1 nitrogen and oxygen atoms in total. The number of aliphatic hydroxyl groups is 1. The molecule has 15 heavy (non-hydrogen) atoms. The van der Waals surface area contributed by atoms with Crippen molar-refractivity contribution in [3.05, 3.63) is 0 Å². The van der Waals surface area contributed by atoms with E-state index in [1.807, 2.05) is 0 Å². The molecule has 0 aliphatic heterocycles. The summed E-state index contributed by atoms with van der Waals surface area (Å²) in [6, 6.07) is 0. The fourth-order valence-corrected chi connectivity index (χ4v) is 5.32. The van der Waals surface area contributed by atoms with Gasteiger partial charge in [0.2, 0.25) is 0 Å². The van der Waals surface area contributed by atoms with Gasteiger partial charge in [-0.25, -0.2) is 0 Å². The van der Waals surface area contributed by atoms with Crippen molar-refractivity contribution in [2.24, 2.45) is 22.7 Å². The Balaban J connectivity index is 1.96. The molecule has 0 amide bonds. The summed E-state index contributed by atoms with van der Waals surface area (Å²) >= 11 is 0. The highest BCUT2D eigenvalue weighted by Gasteiger charge is 2.59. The molecular weight excluding hydrogens is 184 g/mol. The van der Waals surface area contributed by atoms with Crippen molar-refractivity contribution in [1.29, 1.82) is 0 Å². The molecular formula is C14H24O. The van der Waals surface area contributed by atoms with E-state index in [0.29, 0.717) is 22.7 Å². The van der Waals surface area contributed by atoms with Gasteiger partial charge in [-0.1, -0.05) is 26.7 Å². The Labute approximate surface area is 93.3 Å². The summed E-state index contributed by atoms with van der Waals surface area (Å²) in [5.41, 5.74) is 1.25. The first-order valence-corrected chi connectivity index (χ1v) is 6.80. The van der Waals surface area contributed by atoms with Gasteiger partial charge in [-0.3, -0.25) is 0 Å². The first kappa shape index (κ1) is 10.1. The van der Waals surface area contributed by atoms with Crippen molar-refractivity contribution in [3.8, 4) is 0 Å². The molecule has 4 aliphatic rings. The van der Waals surface area contributed by atoms with Crippen LogP contribution in [0.5, 0.6) is 0 Å². The van der Waals surface area contributed by atoms with Crippen LogP contribution in [0.25, 0.3) is 0 Å². The van der Waals surface area contributed by atoms with Crippen LogP contribution in [0.2, 0.25) is 0 Å². The maximum absolute atomic E-state index is 10.2. The van der Waals surface area contributed by atoms with Crippen molar-refractivity contribution < 1.29 is 5.11 Å². The van der Waals surface area contributed by atoms with Gasteiger partial charge in [-0.05, 0) is 54.8 Å². The van der Waals surface area contributed by atoms with Gasteiger partial charge >= 0.3 is 0 Å². The molecule has 4 rings (SSSR count). The van der Waals surface area contributed by atoms with Gasteiger partial charge in [0.1, 0.15) is 0 Å².